The topological polar surface area (TPSA) is 86.2 Å². The van der Waals surface area contributed by atoms with Crippen LogP contribution in [0.2, 0.25) is 5.02 Å². The molecule has 19 heavy (non-hydrogen) atoms. The van der Waals surface area contributed by atoms with Crippen LogP contribution >= 0.6 is 11.6 Å². The lowest BCUT2D eigenvalue weighted by Crippen LogP contribution is -2.12. The molecule has 100 valence electrons. The predicted molar refractivity (Wildman–Crippen MR) is 72.6 cm³/mol. The van der Waals surface area contributed by atoms with Gasteiger partial charge in [-0.25, -0.2) is 17.9 Å². The number of anilines is 1. The van der Waals surface area contributed by atoms with Gasteiger partial charge in [0.15, 0.2) is 0 Å². The summed E-state index contributed by atoms with van der Waals surface area (Å²) in [5.41, 5.74) is 6.66. The SMILES string of the molecule is Nc1ccc(-c2ccc(S(N)(=O)=O)cc2F)cc1Cl. The van der Waals surface area contributed by atoms with Crippen LogP contribution < -0.4 is 10.9 Å². The second-order valence-corrected chi connectivity index (χ2v) is 5.89. The van der Waals surface area contributed by atoms with E-state index in [-0.39, 0.29) is 10.5 Å². The Labute approximate surface area is 114 Å². The van der Waals surface area contributed by atoms with Crippen molar-refractivity contribution < 1.29 is 12.8 Å². The fraction of sp³-hybridized carbons (Fsp3) is 0. The third-order valence-corrected chi connectivity index (χ3v) is 3.82. The van der Waals surface area contributed by atoms with E-state index in [1.165, 1.54) is 18.2 Å². The van der Waals surface area contributed by atoms with Gasteiger partial charge in [-0.05, 0) is 29.8 Å². The summed E-state index contributed by atoms with van der Waals surface area (Å²) in [6, 6.07) is 8.08. The lowest BCUT2D eigenvalue weighted by Gasteiger charge is -2.07. The van der Waals surface area contributed by atoms with Gasteiger partial charge in [-0.15, -0.1) is 0 Å². The Morgan fingerprint density at radius 1 is 1.11 bits per heavy atom. The van der Waals surface area contributed by atoms with Crippen LogP contribution in [0.4, 0.5) is 10.1 Å². The van der Waals surface area contributed by atoms with Gasteiger partial charge in [0, 0.05) is 5.56 Å². The number of benzene rings is 2. The van der Waals surface area contributed by atoms with E-state index < -0.39 is 15.8 Å². The second kappa shape index (κ2) is 4.80. The molecule has 0 unspecified atom stereocenters. The summed E-state index contributed by atoms with van der Waals surface area (Å²) in [6.07, 6.45) is 0. The highest BCUT2D eigenvalue weighted by Crippen LogP contribution is 2.29. The first-order valence-electron chi connectivity index (χ1n) is 5.17. The summed E-state index contributed by atoms with van der Waals surface area (Å²) in [7, 11) is -3.93. The van der Waals surface area contributed by atoms with Gasteiger partial charge in [-0.1, -0.05) is 23.7 Å². The van der Waals surface area contributed by atoms with E-state index in [0.29, 0.717) is 16.3 Å². The van der Waals surface area contributed by atoms with Gasteiger partial charge >= 0.3 is 0 Å². The van der Waals surface area contributed by atoms with Crippen LogP contribution in [0, 0.1) is 5.82 Å². The van der Waals surface area contributed by atoms with Gasteiger partial charge in [0.05, 0.1) is 15.6 Å². The zero-order valence-corrected chi connectivity index (χ0v) is 11.2. The molecule has 0 radical (unpaired) electrons. The first-order chi connectivity index (χ1) is 8.79. The van der Waals surface area contributed by atoms with Gasteiger partial charge in [0.25, 0.3) is 0 Å². The number of hydrogen-bond donors (Lipinski definition) is 2. The maximum Gasteiger partial charge on any atom is 0.238 e. The Hall–Kier alpha value is -1.63. The molecule has 7 heteroatoms. The third kappa shape index (κ3) is 2.86. The summed E-state index contributed by atoms with van der Waals surface area (Å²) in [4.78, 5) is -0.282. The summed E-state index contributed by atoms with van der Waals surface area (Å²) in [5.74, 6) is -0.702. The smallest absolute Gasteiger partial charge is 0.238 e. The molecule has 0 aromatic heterocycles. The van der Waals surface area contributed by atoms with Gasteiger partial charge in [0.1, 0.15) is 5.82 Å². The average Bonchev–Trinajstić information content (AvgIpc) is 2.31. The van der Waals surface area contributed by atoms with Crippen molar-refractivity contribution in [2.75, 3.05) is 5.73 Å². The van der Waals surface area contributed by atoms with Crippen molar-refractivity contribution in [1.29, 1.82) is 0 Å². The highest BCUT2D eigenvalue weighted by atomic mass is 35.5. The van der Waals surface area contributed by atoms with E-state index >= 15 is 0 Å². The van der Waals surface area contributed by atoms with Gasteiger partial charge in [-0.3, -0.25) is 0 Å². The van der Waals surface area contributed by atoms with Gasteiger partial charge in [0.2, 0.25) is 10.0 Å². The molecule has 0 heterocycles. The summed E-state index contributed by atoms with van der Waals surface area (Å²) < 4.78 is 36.1. The Morgan fingerprint density at radius 2 is 1.79 bits per heavy atom. The highest BCUT2D eigenvalue weighted by Gasteiger charge is 2.13. The number of rotatable bonds is 2. The molecule has 4 N–H and O–H groups in total. The van der Waals surface area contributed by atoms with E-state index in [1.54, 1.807) is 12.1 Å². The Kier molecular flexibility index (Phi) is 3.49. The molecule has 0 spiro atoms. The number of halogens is 2. The maximum atomic E-state index is 13.9. The quantitative estimate of drug-likeness (QED) is 0.835. The molecule has 0 aliphatic heterocycles. The van der Waals surface area contributed by atoms with Crippen molar-refractivity contribution >= 4 is 27.3 Å². The molecule has 0 fully saturated rings. The molecule has 2 rings (SSSR count). The van der Waals surface area contributed by atoms with Crippen molar-refractivity contribution in [3.05, 3.63) is 47.2 Å². The number of nitrogens with two attached hydrogens (primary N) is 2. The fourth-order valence-corrected chi connectivity index (χ4v) is 2.31. The van der Waals surface area contributed by atoms with Crippen molar-refractivity contribution in [3.63, 3.8) is 0 Å². The molecule has 0 atom stereocenters. The number of primary sulfonamides is 1. The standard InChI is InChI=1S/C12H10ClFN2O2S/c13-10-5-7(1-4-12(10)15)9-3-2-8(6-11(9)14)19(16,17)18/h1-6H,15H2,(H2,16,17,18). The molecule has 2 aromatic rings. The first kappa shape index (κ1) is 13.8. The van der Waals surface area contributed by atoms with Crippen LogP contribution in [0.3, 0.4) is 0 Å². The predicted octanol–water partition coefficient (Wildman–Crippen LogP) is 2.38. The van der Waals surface area contributed by atoms with Crippen LogP contribution in [0.25, 0.3) is 11.1 Å². The zero-order chi connectivity index (χ0) is 14.2. The molecule has 0 amide bonds. The minimum atomic E-state index is -3.93. The molecule has 0 aliphatic carbocycles. The minimum absolute atomic E-state index is 0.217. The van der Waals surface area contributed by atoms with Gasteiger partial charge < -0.3 is 5.73 Å². The number of hydrogen-bond acceptors (Lipinski definition) is 3. The van der Waals surface area contributed by atoms with Gasteiger partial charge in [-0.2, -0.15) is 0 Å². The van der Waals surface area contributed by atoms with Crippen LogP contribution in [-0.4, -0.2) is 8.42 Å². The van der Waals surface area contributed by atoms with Crippen LogP contribution in [0.15, 0.2) is 41.3 Å². The second-order valence-electron chi connectivity index (χ2n) is 3.92. The first-order valence-corrected chi connectivity index (χ1v) is 7.09. The van der Waals surface area contributed by atoms with E-state index in [9.17, 15) is 12.8 Å². The monoisotopic (exact) mass is 300 g/mol. The van der Waals surface area contributed by atoms with Crippen molar-refractivity contribution in [3.8, 4) is 11.1 Å². The van der Waals surface area contributed by atoms with Crippen LogP contribution in [0.5, 0.6) is 0 Å². The molecule has 0 saturated carbocycles. The molecule has 2 aromatic carbocycles. The fourth-order valence-electron chi connectivity index (χ4n) is 1.60. The Balaban J connectivity index is 2.55. The minimum Gasteiger partial charge on any atom is -0.398 e. The highest BCUT2D eigenvalue weighted by molar-refractivity contribution is 7.89. The zero-order valence-electron chi connectivity index (χ0n) is 9.60. The van der Waals surface area contributed by atoms with Crippen molar-refractivity contribution in [2.24, 2.45) is 5.14 Å². The van der Waals surface area contributed by atoms with Crippen LogP contribution in [-0.2, 0) is 10.0 Å². The summed E-state index contributed by atoms with van der Waals surface area (Å²) >= 11 is 5.86. The molecule has 0 aliphatic rings. The van der Waals surface area contributed by atoms with E-state index in [0.717, 1.165) is 6.07 Å². The van der Waals surface area contributed by atoms with Crippen molar-refractivity contribution in [2.45, 2.75) is 4.90 Å². The lowest BCUT2D eigenvalue weighted by atomic mass is 10.0. The maximum absolute atomic E-state index is 13.9. The summed E-state index contributed by atoms with van der Waals surface area (Å²) in [5, 5.41) is 5.22. The molecular weight excluding hydrogens is 291 g/mol. The van der Waals surface area contributed by atoms with Crippen molar-refractivity contribution in [1.82, 2.24) is 0 Å². The molecule has 0 saturated heterocycles. The van der Waals surface area contributed by atoms with E-state index in [4.69, 9.17) is 22.5 Å². The molecular formula is C12H10ClFN2O2S. The molecule has 4 nitrogen and oxygen atoms in total. The lowest BCUT2D eigenvalue weighted by molar-refractivity contribution is 0.593. The number of sulfonamides is 1. The molecule has 0 bridgehead atoms. The van der Waals surface area contributed by atoms with Crippen LogP contribution in [0.1, 0.15) is 0 Å². The Bertz CT molecular complexity index is 747. The van der Waals surface area contributed by atoms with E-state index in [2.05, 4.69) is 0 Å². The Morgan fingerprint density at radius 3 is 2.32 bits per heavy atom. The normalized spacial score (nSPS) is 11.5. The number of nitrogen functional groups attached to an aromatic ring is 1. The summed E-state index contributed by atoms with van der Waals surface area (Å²) in [6.45, 7) is 0. The van der Waals surface area contributed by atoms with E-state index in [1.807, 2.05) is 0 Å². The largest absolute Gasteiger partial charge is 0.398 e. The average molecular weight is 301 g/mol. The third-order valence-electron chi connectivity index (χ3n) is 2.58.